The molecular formula is C23H25FN4OS. The number of carbonyl (C=O) groups is 1. The topological polar surface area (TPSA) is 39.7 Å². The number of benzene rings is 2. The second-order valence-corrected chi connectivity index (χ2v) is 8.11. The average Bonchev–Trinajstić information content (AvgIpc) is 3.29. The van der Waals surface area contributed by atoms with Crippen molar-refractivity contribution in [1.82, 2.24) is 9.88 Å². The molecule has 1 fully saturated rings. The largest absolute Gasteiger partial charge is 0.368 e. The van der Waals surface area contributed by atoms with E-state index in [0.717, 1.165) is 42.6 Å². The Hall–Kier alpha value is -2.93. The zero-order chi connectivity index (χ0) is 20.9. The number of nitrogens with zero attached hydrogens (tertiary/aromatic N) is 4. The molecule has 1 saturated heterocycles. The fourth-order valence-corrected chi connectivity index (χ4v) is 4.46. The van der Waals surface area contributed by atoms with Crippen molar-refractivity contribution in [2.75, 3.05) is 42.5 Å². The van der Waals surface area contributed by atoms with Crippen LogP contribution in [0.5, 0.6) is 0 Å². The molecule has 0 bridgehead atoms. The molecule has 1 aliphatic heterocycles. The Morgan fingerprint density at radius 3 is 2.37 bits per heavy atom. The van der Waals surface area contributed by atoms with Gasteiger partial charge in [0, 0.05) is 50.3 Å². The minimum absolute atomic E-state index is 0.0335. The molecule has 0 saturated carbocycles. The van der Waals surface area contributed by atoms with Crippen molar-refractivity contribution in [3.05, 3.63) is 77.1 Å². The zero-order valence-electron chi connectivity index (χ0n) is 17.0. The highest BCUT2D eigenvalue weighted by Crippen LogP contribution is 2.25. The van der Waals surface area contributed by atoms with Crippen LogP contribution in [-0.2, 0) is 6.54 Å². The summed E-state index contributed by atoms with van der Waals surface area (Å²) in [5.41, 5.74) is 2.65. The van der Waals surface area contributed by atoms with Gasteiger partial charge in [0.2, 0.25) is 0 Å². The van der Waals surface area contributed by atoms with Crippen LogP contribution in [0.4, 0.5) is 15.2 Å². The number of aromatic nitrogens is 1. The smallest absolute Gasteiger partial charge is 0.273 e. The summed E-state index contributed by atoms with van der Waals surface area (Å²) in [6, 6.07) is 16.6. The van der Waals surface area contributed by atoms with E-state index in [1.54, 1.807) is 0 Å². The molecular weight excluding hydrogens is 399 g/mol. The summed E-state index contributed by atoms with van der Waals surface area (Å²) in [4.78, 5) is 23.9. The van der Waals surface area contributed by atoms with Crippen LogP contribution in [0.25, 0.3) is 0 Å². The van der Waals surface area contributed by atoms with Crippen LogP contribution in [0.15, 0.2) is 60.0 Å². The van der Waals surface area contributed by atoms with Crippen LogP contribution < -0.4 is 9.80 Å². The standard InChI is InChI=1S/C23H25FN4OS/c1-2-26(16-18-6-4-3-5-7-18)22(29)21-17-30-23(25-21)28-14-12-27(13-15-28)20-10-8-19(24)9-11-20/h3-11,17H,2,12-16H2,1H3. The molecule has 30 heavy (non-hydrogen) atoms. The van der Waals surface area contributed by atoms with Crippen molar-refractivity contribution in [3.63, 3.8) is 0 Å². The number of hydrogen-bond acceptors (Lipinski definition) is 5. The molecule has 0 spiro atoms. The van der Waals surface area contributed by atoms with Gasteiger partial charge in [-0.15, -0.1) is 11.3 Å². The summed E-state index contributed by atoms with van der Waals surface area (Å²) in [7, 11) is 0. The highest BCUT2D eigenvalue weighted by molar-refractivity contribution is 7.13. The molecule has 0 radical (unpaired) electrons. The van der Waals surface area contributed by atoms with Crippen molar-refractivity contribution in [2.24, 2.45) is 0 Å². The second kappa shape index (κ2) is 9.26. The van der Waals surface area contributed by atoms with Gasteiger partial charge in [0.25, 0.3) is 5.91 Å². The molecule has 2 heterocycles. The predicted molar refractivity (Wildman–Crippen MR) is 120 cm³/mol. The maximum Gasteiger partial charge on any atom is 0.273 e. The lowest BCUT2D eigenvalue weighted by molar-refractivity contribution is 0.0747. The summed E-state index contributed by atoms with van der Waals surface area (Å²) in [5, 5.41) is 2.74. The first-order valence-corrected chi connectivity index (χ1v) is 11.1. The molecule has 1 aromatic heterocycles. The highest BCUT2D eigenvalue weighted by Gasteiger charge is 2.23. The number of piperazine rings is 1. The Bertz CT molecular complexity index is 968. The molecule has 0 aliphatic carbocycles. The molecule has 1 aliphatic rings. The van der Waals surface area contributed by atoms with Crippen LogP contribution in [0.1, 0.15) is 23.0 Å². The van der Waals surface area contributed by atoms with E-state index in [0.29, 0.717) is 18.8 Å². The number of hydrogen-bond donors (Lipinski definition) is 0. The minimum atomic E-state index is -0.217. The predicted octanol–water partition coefficient (Wildman–Crippen LogP) is 4.27. The SMILES string of the molecule is CCN(Cc1ccccc1)C(=O)c1csc(N2CCN(c3ccc(F)cc3)CC2)n1. The maximum absolute atomic E-state index is 13.1. The van der Waals surface area contributed by atoms with E-state index in [9.17, 15) is 9.18 Å². The van der Waals surface area contributed by atoms with Crippen LogP contribution in [-0.4, -0.2) is 48.5 Å². The first-order valence-electron chi connectivity index (χ1n) is 10.2. The van der Waals surface area contributed by atoms with E-state index in [1.165, 1.54) is 23.5 Å². The van der Waals surface area contributed by atoms with Gasteiger partial charge in [-0.2, -0.15) is 0 Å². The third-order valence-electron chi connectivity index (χ3n) is 5.34. The summed E-state index contributed by atoms with van der Waals surface area (Å²) in [6.45, 7) is 6.52. The molecule has 4 rings (SSSR count). The zero-order valence-corrected chi connectivity index (χ0v) is 17.8. The fraction of sp³-hybridized carbons (Fsp3) is 0.304. The number of amides is 1. The number of anilines is 2. The van der Waals surface area contributed by atoms with Gasteiger partial charge in [-0.05, 0) is 36.8 Å². The fourth-order valence-electron chi connectivity index (χ4n) is 3.61. The Morgan fingerprint density at radius 2 is 1.70 bits per heavy atom. The third kappa shape index (κ3) is 4.62. The van der Waals surface area contributed by atoms with Gasteiger partial charge in [0.1, 0.15) is 11.5 Å². The normalized spacial score (nSPS) is 14.1. The van der Waals surface area contributed by atoms with Gasteiger partial charge >= 0.3 is 0 Å². The number of halogens is 1. The van der Waals surface area contributed by atoms with Crippen LogP contribution >= 0.6 is 11.3 Å². The van der Waals surface area contributed by atoms with E-state index in [1.807, 2.05) is 59.7 Å². The summed E-state index contributed by atoms with van der Waals surface area (Å²) >= 11 is 1.52. The first kappa shape index (κ1) is 20.3. The van der Waals surface area contributed by atoms with Crippen molar-refractivity contribution in [2.45, 2.75) is 13.5 Å². The summed E-state index contributed by atoms with van der Waals surface area (Å²) in [5.74, 6) is -0.250. The van der Waals surface area contributed by atoms with Crippen molar-refractivity contribution in [3.8, 4) is 0 Å². The quantitative estimate of drug-likeness (QED) is 0.592. The lowest BCUT2D eigenvalue weighted by atomic mass is 10.2. The maximum atomic E-state index is 13.1. The van der Waals surface area contributed by atoms with Crippen LogP contribution in [0.3, 0.4) is 0 Å². The van der Waals surface area contributed by atoms with Gasteiger partial charge in [0.15, 0.2) is 5.13 Å². The van der Waals surface area contributed by atoms with E-state index >= 15 is 0 Å². The lowest BCUT2D eigenvalue weighted by Gasteiger charge is -2.36. The van der Waals surface area contributed by atoms with Crippen molar-refractivity contribution < 1.29 is 9.18 Å². The third-order valence-corrected chi connectivity index (χ3v) is 6.24. The van der Waals surface area contributed by atoms with Gasteiger partial charge in [-0.3, -0.25) is 4.79 Å². The van der Waals surface area contributed by atoms with E-state index < -0.39 is 0 Å². The molecule has 0 unspecified atom stereocenters. The average molecular weight is 425 g/mol. The van der Waals surface area contributed by atoms with Gasteiger partial charge in [0.05, 0.1) is 0 Å². The number of carbonyl (C=O) groups excluding carboxylic acids is 1. The molecule has 156 valence electrons. The first-order chi connectivity index (χ1) is 14.6. The monoisotopic (exact) mass is 424 g/mol. The Labute approximate surface area is 180 Å². The number of thiazole rings is 1. The second-order valence-electron chi connectivity index (χ2n) is 7.27. The van der Waals surface area contributed by atoms with Gasteiger partial charge < -0.3 is 14.7 Å². The lowest BCUT2D eigenvalue weighted by Crippen LogP contribution is -2.46. The summed E-state index contributed by atoms with van der Waals surface area (Å²) < 4.78 is 13.1. The van der Waals surface area contributed by atoms with Crippen LogP contribution in [0.2, 0.25) is 0 Å². The van der Waals surface area contributed by atoms with E-state index in [-0.39, 0.29) is 11.7 Å². The number of rotatable bonds is 6. The van der Waals surface area contributed by atoms with E-state index in [4.69, 9.17) is 0 Å². The Morgan fingerprint density at radius 1 is 1.03 bits per heavy atom. The highest BCUT2D eigenvalue weighted by atomic mass is 32.1. The molecule has 0 N–H and O–H groups in total. The van der Waals surface area contributed by atoms with Gasteiger partial charge in [-0.25, -0.2) is 9.37 Å². The minimum Gasteiger partial charge on any atom is -0.368 e. The molecule has 7 heteroatoms. The van der Waals surface area contributed by atoms with Crippen molar-refractivity contribution in [1.29, 1.82) is 0 Å². The van der Waals surface area contributed by atoms with Crippen LogP contribution in [0, 0.1) is 5.82 Å². The molecule has 5 nitrogen and oxygen atoms in total. The van der Waals surface area contributed by atoms with Gasteiger partial charge in [-0.1, -0.05) is 30.3 Å². The Balaban J connectivity index is 1.37. The molecule has 0 atom stereocenters. The Kier molecular flexibility index (Phi) is 6.28. The molecule has 2 aromatic carbocycles. The molecule has 3 aromatic rings. The van der Waals surface area contributed by atoms with Crippen molar-refractivity contribution >= 4 is 28.1 Å². The summed E-state index contributed by atoms with van der Waals surface area (Å²) in [6.07, 6.45) is 0. The van der Waals surface area contributed by atoms with E-state index in [2.05, 4.69) is 14.8 Å². The molecule has 1 amide bonds.